The van der Waals surface area contributed by atoms with Crippen molar-refractivity contribution in [1.29, 1.82) is 0 Å². The molecule has 23 heavy (non-hydrogen) atoms. The van der Waals surface area contributed by atoms with Crippen molar-refractivity contribution in [3.63, 3.8) is 0 Å². The van der Waals surface area contributed by atoms with Crippen molar-refractivity contribution in [2.75, 3.05) is 28.7 Å². The molecule has 116 valence electrons. The van der Waals surface area contributed by atoms with E-state index < -0.39 is 0 Å². The fourth-order valence-corrected chi connectivity index (χ4v) is 2.26. The van der Waals surface area contributed by atoms with E-state index in [0.717, 1.165) is 34.1 Å². The van der Waals surface area contributed by atoms with E-state index in [4.69, 9.17) is 5.73 Å². The average molecular weight is 304 g/mol. The molecule has 3 rings (SSSR count). The van der Waals surface area contributed by atoms with Gasteiger partial charge in [-0.3, -0.25) is 0 Å². The number of hydrogen-bond acceptors (Lipinski definition) is 4. The van der Waals surface area contributed by atoms with Crippen LogP contribution < -0.4 is 21.7 Å². The monoisotopic (exact) mass is 304 g/mol. The zero-order valence-corrected chi connectivity index (χ0v) is 13.0. The fourth-order valence-electron chi connectivity index (χ4n) is 2.26. The molecule has 0 saturated carbocycles. The fraction of sp³-hybridized carbons (Fsp3) is 0.0526. The van der Waals surface area contributed by atoms with Crippen molar-refractivity contribution < 1.29 is 0 Å². The summed E-state index contributed by atoms with van der Waals surface area (Å²) in [7, 11) is 1.91. The Kier molecular flexibility index (Phi) is 4.34. The molecule has 0 unspecified atom stereocenters. The maximum Gasteiger partial charge on any atom is 0.0385 e. The van der Waals surface area contributed by atoms with Gasteiger partial charge in [0, 0.05) is 41.2 Å². The molecule has 0 aromatic heterocycles. The van der Waals surface area contributed by atoms with Crippen molar-refractivity contribution in [1.82, 2.24) is 0 Å². The molecule has 0 saturated heterocycles. The highest BCUT2D eigenvalue weighted by molar-refractivity contribution is 5.67. The van der Waals surface area contributed by atoms with Crippen LogP contribution in [-0.4, -0.2) is 7.05 Å². The maximum atomic E-state index is 5.69. The highest BCUT2D eigenvalue weighted by Gasteiger charge is 1.98. The quantitative estimate of drug-likeness (QED) is 0.511. The standard InChI is InChI=1S/C19H20N4/c1-21-15-6-8-17(9-7-15)23-19-12-10-18(11-13-19)22-16-4-2-14(20)3-5-16/h2-13,21-23H,20H2,1H3. The number of anilines is 6. The first-order valence-electron chi connectivity index (χ1n) is 7.50. The van der Waals surface area contributed by atoms with Gasteiger partial charge in [-0.2, -0.15) is 0 Å². The SMILES string of the molecule is CNc1ccc(Nc2ccc(Nc3ccc(N)cc3)cc2)cc1. The van der Waals surface area contributed by atoms with Crippen LogP contribution in [0.1, 0.15) is 0 Å². The number of nitrogen functional groups attached to an aromatic ring is 1. The van der Waals surface area contributed by atoms with E-state index in [1.54, 1.807) is 0 Å². The largest absolute Gasteiger partial charge is 0.399 e. The summed E-state index contributed by atoms with van der Waals surface area (Å²) in [4.78, 5) is 0. The van der Waals surface area contributed by atoms with Crippen LogP contribution in [0.3, 0.4) is 0 Å². The van der Waals surface area contributed by atoms with Crippen LogP contribution in [0.5, 0.6) is 0 Å². The molecule has 0 aliphatic heterocycles. The summed E-state index contributed by atoms with van der Waals surface area (Å²) in [5, 5.41) is 9.84. The van der Waals surface area contributed by atoms with Gasteiger partial charge in [-0.15, -0.1) is 0 Å². The van der Waals surface area contributed by atoms with Crippen molar-refractivity contribution in [2.45, 2.75) is 0 Å². The van der Waals surface area contributed by atoms with Crippen LogP contribution in [0, 0.1) is 0 Å². The Morgan fingerprint density at radius 2 is 0.826 bits per heavy atom. The Morgan fingerprint density at radius 3 is 1.17 bits per heavy atom. The summed E-state index contributed by atoms with van der Waals surface area (Å²) in [5.74, 6) is 0. The lowest BCUT2D eigenvalue weighted by molar-refractivity contribution is 1.49. The van der Waals surface area contributed by atoms with Crippen molar-refractivity contribution in [3.8, 4) is 0 Å². The summed E-state index contributed by atoms with van der Waals surface area (Å²) in [6, 6.07) is 24.0. The van der Waals surface area contributed by atoms with E-state index in [1.807, 2.05) is 79.8 Å². The molecule has 0 spiro atoms. The van der Waals surface area contributed by atoms with Gasteiger partial charge in [0.15, 0.2) is 0 Å². The molecule has 0 aliphatic rings. The van der Waals surface area contributed by atoms with E-state index >= 15 is 0 Å². The second-order valence-corrected chi connectivity index (χ2v) is 5.28. The van der Waals surface area contributed by atoms with Crippen molar-refractivity contribution >= 4 is 34.1 Å². The minimum absolute atomic E-state index is 0.763. The lowest BCUT2D eigenvalue weighted by atomic mass is 10.2. The lowest BCUT2D eigenvalue weighted by Gasteiger charge is -2.10. The second-order valence-electron chi connectivity index (χ2n) is 5.28. The van der Waals surface area contributed by atoms with Crippen LogP contribution in [0.2, 0.25) is 0 Å². The number of nitrogens with one attached hydrogen (secondary N) is 3. The number of benzene rings is 3. The summed E-state index contributed by atoms with van der Waals surface area (Å²) >= 11 is 0. The highest BCUT2D eigenvalue weighted by Crippen LogP contribution is 2.22. The summed E-state index contributed by atoms with van der Waals surface area (Å²) in [6.45, 7) is 0. The molecule has 4 heteroatoms. The van der Waals surface area contributed by atoms with E-state index in [1.165, 1.54) is 0 Å². The predicted octanol–water partition coefficient (Wildman–Crippen LogP) is 4.80. The Bertz CT molecular complexity index is 747. The number of nitrogens with two attached hydrogens (primary N) is 1. The van der Waals surface area contributed by atoms with E-state index in [0.29, 0.717) is 0 Å². The normalized spacial score (nSPS) is 10.1. The van der Waals surface area contributed by atoms with Crippen LogP contribution in [0.15, 0.2) is 72.8 Å². The van der Waals surface area contributed by atoms with Crippen molar-refractivity contribution in [3.05, 3.63) is 72.8 Å². The first-order valence-corrected chi connectivity index (χ1v) is 7.50. The molecule has 0 atom stereocenters. The topological polar surface area (TPSA) is 62.1 Å². The predicted molar refractivity (Wildman–Crippen MR) is 99.9 cm³/mol. The first kappa shape index (κ1) is 14.8. The van der Waals surface area contributed by atoms with Gasteiger partial charge >= 0.3 is 0 Å². The summed E-state index contributed by atoms with van der Waals surface area (Å²) < 4.78 is 0. The molecule has 4 nitrogen and oxygen atoms in total. The molecule has 0 heterocycles. The summed E-state index contributed by atoms with van der Waals surface area (Å²) in [5.41, 5.74) is 11.7. The minimum Gasteiger partial charge on any atom is -0.399 e. The maximum absolute atomic E-state index is 5.69. The third-order valence-electron chi connectivity index (χ3n) is 3.55. The van der Waals surface area contributed by atoms with Gasteiger partial charge in [0.05, 0.1) is 0 Å². The van der Waals surface area contributed by atoms with Gasteiger partial charge in [0.1, 0.15) is 0 Å². The molecule has 0 fully saturated rings. The van der Waals surface area contributed by atoms with Crippen LogP contribution in [-0.2, 0) is 0 Å². The third kappa shape index (κ3) is 3.95. The van der Waals surface area contributed by atoms with Gasteiger partial charge in [-0.1, -0.05) is 0 Å². The average Bonchev–Trinajstić information content (AvgIpc) is 2.59. The van der Waals surface area contributed by atoms with Gasteiger partial charge in [-0.25, -0.2) is 0 Å². The van der Waals surface area contributed by atoms with E-state index in [9.17, 15) is 0 Å². The third-order valence-corrected chi connectivity index (χ3v) is 3.55. The molecule has 3 aromatic carbocycles. The Balaban J connectivity index is 1.65. The van der Waals surface area contributed by atoms with Gasteiger partial charge in [-0.05, 0) is 72.8 Å². The highest BCUT2D eigenvalue weighted by atomic mass is 14.9. The molecule has 5 N–H and O–H groups in total. The van der Waals surface area contributed by atoms with Crippen LogP contribution in [0.4, 0.5) is 34.1 Å². The van der Waals surface area contributed by atoms with Gasteiger partial charge in [0.2, 0.25) is 0 Å². The summed E-state index contributed by atoms with van der Waals surface area (Å²) in [6.07, 6.45) is 0. The molecule has 3 aromatic rings. The smallest absolute Gasteiger partial charge is 0.0385 e. The van der Waals surface area contributed by atoms with Crippen LogP contribution >= 0.6 is 0 Å². The molecule has 0 amide bonds. The minimum atomic E-state index is 0.763. The van der Waals surface area contributed by atoms with Gasteiger partial charge in [0.25, 0.3) is 0 Å². The van der Waals surface area contributed by atoms with E-state index in [-0.39, 0.29) is 0 Å². The Labute approximate surface area is 136 Å². The number of rotatable bonds is 5. The zero-order valence-electron chi connectivity index (χ0n) is 13.0. The Morgan fingerprint density at radius 1 is 0.522 bits per heavy atom. The lowest BCUT2D eigenvalue weighted by Crippen LogP contribution is -1.93. The molecule has 0 radical (unpaired) electrons. The first-order chi connectivity index (χ1) is 11.2. The molecular formula is C19H20N4. The second kappa shape index (κ2) is 6.75. The molecule has 0 bridgehead atoms. The van der Waals surface area contributed by atoms with Crippen molar-refractivity contribution in [2.24, 2.45) is 0 Å². The van der Waals surface area contributed by atoms with Gasteiger partial charge < -0.3 is 21.7 Å². The molecular weight excluding hydrogens is 284 g/mol. The van der Waals surface area contributed by atoms with E-state index in [2.05, 4.69) is 16.0 Å². The zero-order chi connectivity index (χ0) is 16.1. The number of hydrogen-bond donors (Lipinski definition) is 4. The Hall–Kier alpha value is -3.14. The van der Waals surface area contributed by atoms with Crippen LogP contribution in [0.25, 0.3) is 0 Å². The molecule has 0 aliphatic carbocycles.